The van der Waals surface area contributed by atoms with Crippen molar-refractivity contribution in [3.8, 4) is 17.1 Å². The van der Waals surface area contributed by atoms with E-state index >= 15 is 0 Å². The van der Waals surface area contributed by atoms with Crippen LogP contribution >= 0.6 is 0 Å². The third-order valence-corrected chi connectivity index (χ3v) is 5.52. The van der Waals surface area contributed by atoms with Gasteiger partial charge in [0.05, 0.1) is 12.8 Å². The Morgan fingerprint density at radius 3 is 2.39 bits per heavy atom. The maximum atomic E-state index is 13.0. The Hall–Kier alpha value is -3.61. The maximum absolute atomic E-state index is 13.0. The van der Waals surface area contributed by atoms with Crippen LogP contribution in [0.3, 0.4) is 0 Å². The van der Waals surface area contributed by atoms with E-state index in [-0.39, 0.29) is 18.0 Å². The van der Waals surface area contributed by atoms with Crippen LogP contribution in [0.15, 0.2) is 65.5 Å². The molecule has 0 atom stereocenters. The molecule has 0 aliphatic carbocycles. The second kappa shape index (κ2) is 9.04. The Balaban J connectivity index is 1.50. The summed E-state index contributed by atoms with van der Waals surface area (Å²) in [5.41, 5.74) is 2.27. The molecule has 1 amide bonds. The molecule has 1 aliphatic rings. The summed E-state index contributed by atoms with van der Waals surface area (Å²) in [6, 6.07) is 18.9. The molecule has 0 bridgehead atoms. The van der Waals surface area contributed by atoms with E-state index in [1.807, 2.05) is 59.5 Å². The standard InChI is InChI=1S/C24H26N4O3/c1-18-16-22(29)28(24(25-18)19-8-4-3-5-9-19)17-23(30)27-14-12-26(13-15-27)20-10-6-7-11-21(20)31-2/h3-11,16H,12-15,17H2,1-2H3. The number of hydrogen-bond acceptors (Lipinski definition) is 5. The van der Waals surface area contributed by atoms with Gasteiger partial charge in [0, 0.05) is 43.5 Å². The minimum absolute atomic E-state index is 0.0228. The summed E-state index contributed by atoms with van der Waals surface area (Å²) in [5, 5.41) is 0. The number of amides is 1. The average Bonchev–Trinajstić information content (AvgIpc) is 2.81. The topological polar surface area (TPSA) is 67.7 Å². The van der Waals surface area contributed by atoms with Crippen molar-refractivity contribution in [2.45, 2.75) is 13.5 Å². The lowest BCUT2D eigenvalue weighted by molar-refractivity contribution is -0.132. The lowest BCUT2D eigenvalue weighted by Gasteiger charge is -2.36. The number of nitrogens with zero attached hydrogens (tertiary/aromatic N) is 4. The summed E-state index contributed by atoms with van der Waals surface area (Å²) in [6.07, 6.45) is 0. The summed E-state index contributed by atoms with van der Waals surface area (Å²) in [4.78, 5) is 34.3. The van der Waals surface area contributed by atoms with E-state index < -0.39 is 0 Å². The number of methoxy groups -OCH3 is 1. The highest BCUT2D eigenvalue weighted by Crippen LogP contribution is 2.28. The van der Waals surface area contributed by atoms with E-state index in [0.717, 1.165) is 17.0 Å². The third kappa shape index (κ3) is 4.45. The van der Waals surface area contributed by atoms with Crippen LogP contribution in [-0.2, 0) is 11.3 Å². The molecule has 0 spiro atoms. The minimum Gasteiger partial charge on any atom is -0.495 e. The summed E-state index contributed by atoms with van der Waals surface area (Å²) >= 11 is 0. The van der Waals surface area contributed by atoms with Crippen LogP contribution in [0.1, 0.15) is 5.69 Å². The second-order valence-electron chi connectivity index (χ2n) is 7.55. The van der Waals surface area contributed by atoms with Crippen molar-refractivity contribution in [3.63, 3.8) is 0 Å². The highest BCUT2D eigenvalue weighted by atomic mass is 16.5. The fourth-order valence-corrected chi connectivity index (χ4v) is 3.90. The van der Waals surface area contributed by atoms with Gasteiger partial charge in [0.25, 0.3) is 5.56 Å². The normalized spacial score (nSPS) is 13.9. The molecule has 1 aromatic heterocycles. The van der Waals surface area contributed by atoms with Crippen LogP contribution in [0.4, 0.5) is 5.69 Å². The monoisotopic (exact) mass is 418 g/mol. The fraction of sp³-hybridized carbons (Fsp3) is 0.292. The molecule has 0 radical (unpaired) electrons. The Bertz CT molecular complexity index is 1120. The molecule has 1 fully saturated rings. The van der Waals surface area contributed by atoms with E-state index in [9.17, 15) is 9.59 Å². The average molecular weight is 418 g/mol. The van der Waals surface area contributed by atoms with Crippen molar-refractivity contribution >= 4 is 11.6 Å². The number of ether oxygens (including phenoxy) is 1. The largest absolute Gasteiger partial charge is 0.495 e. The van der Waals surface area contributed by atoms with Gasteiger partial charge in [-0.3, -0.25) is 14.2 Å². The third-order valence-electron chi connectivity index (χ3n) is 5.52. The van der Waals surface area contributed by atoms with Crippen LogP contribution in [0.25, 0.3) is 11.4 Å². The summed E-state index contributed by atoms with van der Waals surface area (Å²) < 4.78 is 6.93. The SMILES string of the molecule is COc1ccccc1N1CCN(C(=O)Cn2c(-c3ccccc3)nc(C)cc2=O)CC1. The zero-order valence-corrected chi connectivity index (χ0v) is 17.8. The molecular weight excluding hydrogens is 392 g/mol. The predicted molar refractivity (Wildman–Crippen MR) is 120 cm³/mol. The second-order valence-corrected chi connectivity index (χ2v) is 7.55. The Morgan fingerprint density at radius 1 is 1.00 bits per heavy atom. The molecule has 3 aromatic rings. The minimum atomic E-state index is -0.215. The number of anilines is 1. The number of rotatable bonds is 5. The summed E-state index contributed by atoms with van der Waals surface area (Å²) in [5.74, 6) is 1.27. The molecular formula is C24H26N4O3. The van der Waals surface area contributed by atoms with Crippen molar-refractivity contribution in [2.75, 3.05) is 38.2 Å². The van der Waals surface area contributed by atoms with Gasteiger partial charge in [0.1, 0.15) is 18.1 Å². The van der Waals surface area contributed by atoms with Gasteiger partial charge in [-0.25, -0.2) is 4.98 Å². The van der Waals surface area contributed by atoms with Gasteiger partial charge in [-0.1, -0.05) is 42.5 Å². The highest BCUT2D eigenvalue weighted by molar-refractivity contribution is 5.77. The summed E-state index contributed by atoms with van der Waals surface area (Å²) in [6.45, 7) is 4.36. The van der Waals surface area contributed by atoms with Crippen molar-refractivity contribution in [2.24, 2.45) is 0 Å². The molecule has 0 saturated carbocycles. The number of aromatic nitrogens is 2. The number of hydrogen-bond donors (Lipinski definition) is 0. The molecule has 0 unspecified atom stereocenters. The quantitative estimate of drug-likeness (QED) is 0.637. The highest BCUT2D eigenvalue weighted by Gasteiger charge is 2.24. The van der Waals surface area contributed by atoms with Gasteiger partial charge in [-0.05, 0) is 19.1 Å². The summed E-state index contributed by atoms with van der Waals surface area (Å²) in [7, 11) is 1.66. The van der Waals surface area contributed by atoms with E-state index in [1.54, 1.807) is 14.0 Å². The Labute approximate surface area is 181 Å². The van der Waals surface area contributed by atoms with E-state index in [1.165, 1.54) is 10.6 Å². The molecule has 2 aromatic carbocycles. The van der Waals surface area contributed by atoms with Crippen LogP contribution < -0.4 is 15.2 Å². The van der Waals surface area contributed by atoms with Gasteiger partial charge < -0.3 is 14.5 Å². The van der Waals surface area contributed by atoms with Crippen molar-refractivity contribution in [1.82, 2.24) is 14.5 Å². The number of carbonyl (C=O) groups is 1. The fourth-order valence-electron chi connectivity index (χ4n) is 3.90. The number of aryl methyl sites for hydroxylation is 1. The molecule has 2 heterocycles. The first-order chi connectivity index (χ1) is 15.1. The van der Waals surface area contributed by atoms with Crippen LogP contribution in [-0.4, -0.2) is 53.6 Å². The first-order valence-electron chi connectivity index (χ1n) is 10.4. The molecule has 1 aliphatic heterocycles. The van der Waals surface area contributed by atoms with E-state index in [2.05, 4.69) is 9.88 Å². The number of benzene rings is 2. The molecule has 160 valence electrons. The van der Waals surface area contributed by atoms with Gasteiger partial charge in [-0.2, -0.15) is 0 Å². The first kappa shape index (κ1) is 20.7. The van der Waals surface area contributed by atoms with Gasteiger partial charge in [-0.15, -0.1) is 0 Å². The zero-order valence-electron chi connectivity index (χ0n) is 17.8. The zero-order chi connectivity index (χ0) is 21.8. The van der Waals surface area contributed by atoms with E-state index in [0.29, 0.717) is 37.7 Å². The number of piperazine rings is 1. The van der Waals surface area contributed by atoms with Gasteiger partial charge in [0.2, 0.25) is 5.91 Å². The Morgan fingerprint density at radius 2 is 1.68 bits per heavy atom. The Kier molecular flexibility index (Phi) is 6.02. The number of carbonyl (C=O) groups excluding carboxylic acids is 1. The van der Waals surface area contributed by atoms with Crippen molar-refractivity contribution in [1.29, 1.82) is 0 Å². The number of para-hydroxylation sites is 2. The lowest BCUT2D eigenvalue weighted by Crippen LogP contribution is -2.50. The molecule has 7 nitrogen and oxygen atoms in total. The molecule has 4 rings (SSSR count). The predicted octanol–water partition coefficient (Wildman–Crippen LogP) is 2.58. The van der Waals surface area contributed by atoms with Crippen molar-refractivity contribution in [3.05, 3.63) is 76.7 Å². The maximum Gasteiger partial charge on any atom is 0.254 e. The van der Waals surface area contributed by atoms with Crippen LogP contribution in [0.2, 0.25) is 0 Å². The van der Waals surface area contributed by atoms with Crippen LogP contribution in [0.5, 0.6) is 5.75 Å². The van der Waals surface area contributed by atoms with Gasteiger partial charge in [0.15, 0.2) is 0 Å². The molecule has 31 heavy (non-hydrogen) atoms. The van der Waals surface area contributed by atoms with Gasteiger partial charge >= 0.3 is 0 Å². The molecule has 7 heteroatoms. The smallest absolute Gasteiger partial charge is 0.254 e. The van der Waals surface area contributed by atoms with Crippen LogP contribution in [0, 0.1) is 6.92 Å². The van der Waals surface area contributed by atoms with Crippen molar-refractivity contribution < 1.29 is 9.53 Å². The van der Waals surface area contributed by atoms with E-state index in [4.69, 9.17) is 4.74 Å². The lowest BCUT2D eigenvalue weighted by atomic mass is 10.2. The molecule has 0 N–H and O–H groups in total. The molecule has 1 saturated heterocycles. The first-order valence-corrected chi connectivity index (χ1v) is 10.4.